The fourth-order valence-electron chi connectivity index (χ4n) is 4.26. The molecule has 3 rings (SSSR count). The fourth-order valence-corrected chi connectivity index (χ4v) is 4.50. The van der Waals surface area contributed by atoms with Gasteiger partial charge in [0.15, 0.2) is 0 Å². The van der Waals surface area contributed by atoms with Crippen molar-refractivity contribution in [1.82, 2.24) is 10.2 Å². The lowest BCUT2D eigenvalue weighted by Crippen LogP contribution is -2.35. The number of hydrogen-bond donors (Lipinski definition) is 1. The molecule has 0 aromatic heterocycles. The maximum absolute atomic E-state index is 13.0. The highest BCUT2D eigenvalue weighted by Gasteiger charge is 2.39. The van der Waals surface area contributed by atoms with Gasteiger partial charge in [0.2, 0.25) is 0 Å². The van der Waals surface area contributed by atoms with Crippen LogP contribution in [0.5, 0.6) is 0 Å². The monoisotopic (exact) mass is 526 g/mol. The van der Waals surface area contributed by atoms with Crippen LogP contribution < -0.4 is 5.32 Å². The molecule has 1 aliphatic rings. The number of esters is 2. The number of nitrogens with zero attached hydrogens (tertiary/aromatic N) is 1. The van der Waals surface area contributed by atoms with E-state index in [1.54, 1.807) is 49.2 Å². The van der Waals surface area contributed by atoms with Crippen molar-refractivity contribution in [1.29, 1.82) is 0 Å². The molecule has 2 aromatic rings. The number of nitrogens with one attached hydrogen (secondary N) is 1. The summed E-state index contributed by atoms with van der Waals surface area (Å²) in [7, 11) is 4.26. The highest BCUT2D eigenvalue weighted by molar-refractivity contribution is 6.31. The van der Waals surface area contributed by atoms with Gasteiger partial charge in [0.1, 0.15) is 0 Å². The standard InChI is InChI=1S/C28H31ClN2O6/c1-17-10-6-7-11-19(17)26(32)31(3)14-15-37-16-22-25(28(34)36-5)24(20-12-8-9-13-21(20)29)23(18(2)30-22)27(33)35-4/h6-13,24,30H,14-16H2,1-5H3. The second-order valence-electron chi connectivity index (χ2n) is 8.59. The molecule has 0 spiro atoms. The first-order valence-corrected chi connectivity index (χ1v) is 12.1. The summed E-state index contributed by atoms with van der Waals surface area (Å²) in [4.78, 5) is 40.1. The minimum absolute atomic E-state index is 0.0174. The van der Waals surface area contributed by atoms with Crippen LogP contribution in [0.4, 0.5) is 0 Å². The number of methoxy groups -OCH3 is 2. The van der Waals surface area contributed by atoms with E-state index in [0.717, 1.165) is 5.56 Å². The van der Waals surface area contributed by atoms with E-state index in [1.807, 2.05) is 25.1 Å². The molecule has 0 bridgehead atoms. The average Bonchev–Trinajstić information content (AvgIpc) is 2.90. The number of halogens is 1. The van der Waals surface area contributed by atoms with Gasteiger partial charge in [-0.1, -0.05) is 48.0 Å². The Morgan fingerprint density at radius 1 is 0.946 bits per heavy atom. The van der Waals surface area contributed by atoms with Gasteiger partial charge in [-0.05, 0) is 37.1 Å². The molecule has 9 heteroatoms. The van der Waals surface area contributed by atoms with Crippen molar-refractivity contribution in [3.8, 4) is 0 Å². The highest BCUT2D eigenvalue weighted by Crippen LogP contribution is 2.41. The predicted molar refractivity (Wildman–Crippen MR) is 140 cm³/mol. The van der Waals surface area contributed by atoms with Gasteiger partial charge in [0, 0.05) is 29.9 Å². The SMILES string of the molecule is COC(=O)C1=C(C)NC(COCCN(C)C(=O)c2ccccc2C)=C(C(=O)OC)C1c1ccccc1Cl. The Morgan fingerprint density at radius 2 is 1.57 bits per heavy atom. The van der Waals surface area contributed by atoms with Crippen molar-refractivity contribution in [2.75, 3.05) is 41.0 Å². The fraction of sp³-hybridized carbons (Fsp3) is 0.321. The van der Waals surface area contributed by atoms with Crippen LogP contribution in [0.2, 0.25) is 5.02 Å². The molecule has 1 N–H and O–H groups in total. The maximum Gasteiger partial charge on any atom is 0.336 e. The van der Waals surface area contributed by atoms with Gasteiger partial charge in [-0.3, -0.25) is 4.79 Å². The third-order valence-corrected chi connectivity index (χ3v) is 6.56. The first kappa shape index (κ1) is 28.0. The quantitative estimate of drug-likeness (QED) is 0.390. The summed E-state index contributed by atoms with van der Waals surface area (Å²) in [5.41, 5.74) is 3.49. The molecule has 1 unspecified atom stereocenters. The lowest BCUT2D eigenvalue weighted by Gasteiger charge is -2.31. The molecule has 0 aliphatic carbocycles. The van der Waals surface area contributed by atoms with Gasteiger partial charge in [-0.25, -0.2) is 9.59 Å². The molecular weight excluding hydrogens is 496 g/mol. The largest absolute Gasteiger partial charge is 0.466 e. The zero-order valence-electron chi connectivity index (χ0n) is 21.6. The Bertz CT molecular complexity index is 1250. The number of dihydropyridines is 1. The second kappa shape index (κ2) is 12.6. The number of ether oxygens (including phenoxy) is 3. The third kappa shape index (κ3) is 6.21. The lowest BCUT2D eigenvalue weighted by atomic mass is 9.80. The van der Waals surface area contributed by atoms with Crippen molar-refractivity contribution < 1.29 is 28.6 Å². The van der Waals surface area contributed by atoms with Crippen LogP contribution in [-0.4, -0.2) is 63.8 Å². The molecule has 37 heavy (non-hydrogen) atoms. The number of likely N-dealkylation sites (N-methyl/N-ethyl adjacent to an activating group) is 1. The number of hydrogen-bond acceptors (Lipinski definition) is 7. The summed E-state index contributed by atoms with van der Waals surface area (Å²) in [5.74, 6) is -2.14. The summed E-state index contributed by atoms with van der Waals surface area (Å²) in [6.07, 6.45) is 0. The van der Waals surface area contributed by atoms with Crippen molar-refractivity contribution in [3.05, 3.63) is 92.8 Å². The molecule has 1 heterocycles. The van der Waals surface area contributed by atoms with Crippen LogP contribution in [0.15, 0.2) is 71.1 Å². The minimum Gasteiger partial charge on any atom is -0.466 e. The molecule has 8 nitrogen and oxygen atoms in total. The van der Waals surface area contributed by atoms with Gasteiger partial charge in [0.25, 0.3) is 5.91 Å². The predicted octanol–water partition coefficient (Wildman–Crippen LogP) is 4.00. The summed E-state index contributed by atoms with van der Waals surface area (Å²) < 4.78 is 16.0. The number of carbonyl (C=O) groups is 3. The molecule has 2 aromatic carbocycles. The second-order valence-corrected chi connectivity index (χ2v) is 9.00. The summed E-state index contributed by atoms with van der Waals surface area (Å²) in [6.45, 7) is 4.19. The molecule has 1 atom stereocenters. The Hall–Kier alpha value is -3.62. The summed E-state index contributed by atoms with van der Waals surface area (Å²) >= 11 is 6.49. The zero-order valence-corrected chi connectivity index (χ0v) is 22.3. The van der Waals surface area contributed by atoms with Crippen molar-refractivity contribution in [2.24, 2.45) is 0 Å². The number of aryl methyl sites for hydroxylation is 1. The van der Waals surface area contributed by atoms with Crippen LogP contribution in [0, 0.1) is 6.92 Å². The van der Waals surface area contributed by atoms with Crippen LogP contribution in [0.3, 0.4) is 0 Å². The third-order valence-electron chi connectivity index (χ3n) is 6.21. The molecule has 0 saturated carbocycles. The summed E-state index contributed by atoms with van der Waals surface area (Å²) in [6, 6.07) is 14.4. The normalized spacial score (nSPS) is 15.2. The average molecular weight is 527 g/mol. The Kier molecular flexibility index (Phi) is 9.49. The van der Waals surface area contributed by atoms with Gasteiger partial charge < -0.3 is 24.4 Å². The van der Waals surface area contributed by atoms with E-state index >= 15 is 0 Å². The van der Waals surface area contributed by atoms with E-state index in [1.165, 1.54) is 14.2 Å². The summed E-state index contributed by atoms with van der Waals surface area (Å²) in [5, 5.41) is 3.51. The highest BCUT2D eigenvalue weighted by atomic mass is 35.5. The Labute approximate surface area is 221 Å². The van der Waals surface area contributed by atoms with Gasteiger partial charge in [0.05, 0.1) is 50.2 Å². The molecule has 0 radical (unpaired) electrons. The van der Waals surface area contributed by atoms with Crippen molar-refractivity contribution >= 4 is 29.4 Å². The van der Waals surface area contributed by atoms with Gasteiger partial charge >= 0.3 is 11.9 Å². The van der Waals surface area contributed by atoms with Crippen LogP contribution in [0.1, 0.15) is 34.3 Å². The molecule has 0 saturated heterocycles. The van der Waals surface area contributed by atoms with Crippen LogP contribution in [-0.2, 0) is 23.8 Å². The van der Waals surface area contributed by atoms with Crippen LogP contribution in [0.25, 0.3) is 0 Å². The Balaban J connectivity index is 1.85. The molecule has 1 amide bonds. The van der Waals surface area contributed by atoms with E-state index in [9.17, 15) is 14.4 Å². The molecule has 0 fully saturated rings. The molecule has 196 valence electrons. The van der Waals surface area contributed by atoms with E-state index in [-0.39, 0.29) is 30.3 Å². The number of benzene rings is 2. The minimum atomic E-state index is -0.821. The lowest BCUT2D eigenvalue weighted by molar-refractivity contribution is -0.137. The number of rotatable bonds is 9. The first-order valence-electron chi connectivity index (χ1n) is 11.7. The van der Waals surface area contributed by atoms with Crippen molar-refractivity contribution in [2.45, 2.75) is 19.8 Å². The first-order chi connectivity index (χ1) is 17.7. The van der Waals surface area contributed by atoms with E-state index in [4.69, 9.17) is 25.8 Å². The number of carbonyl (C=O) groups excluding carboxylic acids is 3. The number of amides is 1. The van der Waals surface area contributed by atoms with E-state index < -0.39 is 17.9 Å². The molecule has 1 aliphatic heterocycles. The smallest absolute Gasteiger partial charge is 0.336 e. The van der Waals surface area contributed by atoms with Crippen molar-refractivity contribution in [3.63, 3.8) is 0 Å². The Morgan fingerprint density at radius 3 is 2.22 bits per heavy atom. The van der Waals surface area contributed by atoms with Crippen LogP contribution >= 0.6 is 11.6 Å². The van der Waals surface area contributed by atoms with E-state index in [2.05, 4.69) is 5.32 Å². The van der Waals surface area contributed by atoms with E-state index in [0.29, 0.717) is 34.1 Å². The zero-order chi connectivity index (χ0) is 27.1. The van der Waals surface area contributed by atoms with Gasteiger partial charge in [-0.15, -0.1) is 0 Å². The topological polar surface area (TPSA) is 94.2 Å². The number of allylic oxidation sites excluding steroid dienone is 1. The van der Waals surface area contributed by atoms with Gasteiger partial charge in [-0.2, -0.15) is 0 Å². The molecular formula is C28H31ClN2O6. The maximum atomic E-state index is 13.0.